The van der Waals surface area contributed by atoms with E-state index in [0.29, 0.717) is 5.13 Å². The Labute approximate surface area is 135 Å². The van der Waals surface area contributed by atoms with Gasteiger partial charge in [0, 0.05) is 18.5 Å². The zero-order valence-electron chi connectivity index (χ0n) is 13.1. The second kappa shape index (κ2) is 6.57. The summed E-state index contributed by atoms with van der Waals surface area (Å²) in [7, 11) is 1.82. The summed E-state index contributed by atoms with van der Waals surface area (Å²) in [5.41, 5.74) is 2.26. The van der Waals surface area contributed by atoms with Gasteiger partial charge in [0.2, 0.25) is 11.0 Å². The van der Waals surface area contributed by atoms with Crippen LogP contribution in [-0.2, 0) is 4.79 Å². The first kappa shape index (κ1) is 15.2. The van der Waals surface area contributed by atoms with Gasteiger partial charge in [-0.2, -0.15) is 0 Å². The summed E-state index contributed by atoms with van der Waals surface area (Å²) in [5, 5.41) is 10.1. The second-order valence-electron chi connectivity index (χ2n) is 5.94. The molecule has 1 aliphatic rings. The topological polar surface area (TPSA) is 46.1 Å². The van der Waals surface area contributed by atoms with Gasteiger partial charge in [-0.25, -0.2) is 0 Å². The summed E-state index contributed by atoms with van der Waals surface area (Å²) in [6, 6.07) is 8.12. The molecule has 1 amide bonds. The number of hydrogen-bond donors (Lipinski definition) is 0. The molecule has 2 aromatic rings. The molecule has 1 aliphatic carbocycles. The number of carbonyl (C=O) groups excluding carboxylic acids is 1. The smallest absolute Gasteiger partial charge is 0.231 e. The van der Waals surface area contributed by atoms with Gasteiger partial charge in [0.25, 0.3) is 0 Å². The first-order valence-corrected chi connectivity index (χ1v) is 8.65. The Kier molecular flexibility index (Phi) is 4.52. The van der Waals surface area contributed by atoms with Crippen LogP contribution in [0.15, 0.2) is 24.3 Å². The lowest BCUT2D eigenvalue weighted by Gasteiger charge is -2.24. The van der Waals surface area contributed by atoms with Crippen LogP contribution in [0.1, 0.15) is 37.7 Å². The predicted octanol–water partition coefficient (Wildman–Crippen LogP) is 4.06. The highest BCUT2D eigenvalue weighted by Gasteiger charge is 2.26. The van der Waals surface area contributed by atoms with Gasteiger partial charge in [-0.05, 0) is 25.3 Å². The normalized spacial score (nSPS) is 15.7. The van der Waals surface area contributed by atoms with Crippen molar-refractivity contribution in [1.82, 2.24) is 10.2 Å². The minimum atomic E-state index is 0.157. The number of amides is 1. The predicted molar refractivity (Wildman–Crippen MR) is 90.1 cm³/mol. The molecule has 1 fully saturated rings. The van der Waals surface area contributed by atoms with Crippen molar-refractivity contribution in [2.75, 3.05) is 11.9 Å². The van der Waals surface area contributed by atoms with E-state index in [1.165, 1.54) is 23.3 Å². The van der Waals surface area contributed by atoms with Gasteiger partial charge in [-0.3, -0.25) is 9.69 Å². The Balaban J connectivity index is 1.78. The van der Waals surface area contributed by atoms with Crippen LogP contribution in [0.5, 0.6) is 0 Å². The third-order valence-corrected chi connectivity index (χ3v) is 5.39. The standard InChI is InChI=1S/C17H21N3OS/c1-12-8-6-7-11-14(12)15-18-19-17(22-15)20(2)16(21)13-9-4-3-5-10-13/h6-8,11,13H,3-5,9-10H2,1-2H3. The largest absolute Gasteiger partial charge is 0.290 e. The van der Waals surface area contributed by atoms with Gasteiger partial charge < -0.3 is 0 Å². The summed E-state index contributed by atoms with van der Waals surface area (Å²) in [5.74, 6) is 0.344. The fraction of sp³-hybridized carbons (Fsp3) is 0.471. The Morgan fingerprint density at radius 2 is 1.91 bits per heavy atom. The zero-order valence-corrected chi connectivity index (χ0v) is 13.9. The van der Waals surface area contributed by atoms with Crippen LogP contribution in [0, 0.1) is 12.8 Å². The molecule has 1 saturated carbocycles. The van der Waals surface area contributed by atoms with Crippen LogP contribution in [0.4, 0.5) is 5.13 Å². The van der Waals surface area contributed by atoms with E-state index in [1.807, 2.05) is 25.2 Å². The molecule has 1 aromatic carbocycles. The van der Waals surface area contributed by atoms with E-state index in [-0.39, 0.29) is 11.8 Å². The van der Waals surface area contributed by atoms with Gasteiger partial charge >= 0.3 is 0 Å². The highest BCUT2D eigenvalue weighted by atomic mass is 32.1. The van der Waals surface area contributed by atoms with E-state index in [0.717, 1.165) is 36.3 Å². The van der Waals surface area contributed by atoms with Crippen molar-refractivity contribution in [3.8, 4) is 10.6 Å². The summed E-state index contributed by atoms with van der Waals surface area (Å²) in [6.45, 7) is 2.06. The van der Waals surface area contributed by atoms with Crippen LogP contribution in [0.3, 0.4) is 0 Å². The van der Waals surface area contributed by atoms with Crippen LogP contribution < -0.4 is 4.90 Å². The lowest BCUT2D eigenvalue weighted by molar-refractivity contribution is -0.123. The SMILES string of the molecule is Cc1ccccc1-c1nnc(N(C)C(=O)C2CCCCC2)s1. The Morgan fingerprint density at radius 1 is 1.18 bits per heavy atom. The first-order chi connectivity index (χ1) is 10.7. The molecule has 0 atom stereocenters. The van der Waals surface area contributed by atoms with Crippen molar-refractivity contribution in [3.05, 3.63) is 29.8 Å². The number of aromatic nitrogens is 2. The number of benzene rings is 1. The fourth-order valence-electron chi connectivity index (χ4n) is 2.99. The summed E-state index contributed by atoms with van der Waals surface area (Å²) in [4.78, 5) is 14.3. The monoisotopic (exact) mass is 315 g/mol. The van der Waals surface area contributed by atoms with Crippen molar-refractivity contribution >= 4 is 22.4 Å². The van der Waals surface area contributed by atoms with Gasteiger partial charge in [0.05, 0.1) is 0 Å². The van der Waals surface area contributed by atoms with Crippen molar-refractivity contribution in [3.63, 3.8) is 0 Å². The molecule has 0 radical (unpaired) electrons. The minimum absolute atomic E-state index is 0.157. The van der Waals surface area contributed by atoms with Gasteiger partial charge in [-0.1, -0.05) is 54.9 Å². The number of anilines is 1. The lowest BCUT2D eigenvalue weighted by atomic mass is 9.88. The molecular formula is C17H21N3OS. The fourth-order valence-corrected chi connectivity index (χ4v) is 3.89. The number of aryl methyl sites for hydroxylation is 1. The summed E-state index contributed by atoms with van der Waals surface area (Å²) < 4.78 is 0. The Hall–Kier alpha value is -1.75. The van der Waals surface area contributed by atoms with E-state index in [2.05, 4.69) is 23.2 Å². The maximum absolute atomic E-state index is 12.6. The van der Waals surface area contributed by atoms with E-state index >= 15 is 0 Å². The number of hydrogen-bond acceptors (Lipinski definition) is 4. The molecule has 5 heteroatoms. The van der Waals surface area contributed by atoms with Gasteiger partial charge in [0.15, 0.2) is 0 Å². The molecule has 3 rings (SSSR count). The zero-order chi connectivity index (χ0) is 15.5. The number of rotatable bonds is 3. The van der Waals surface area contributed by atoms with Crippen LogP contribution >= 0.6 is 11.3 Å². The molecule has 0 saturated heterocycles. The molecule has 0 unspecified atom stereocenters. The molecule has 1 heterocycles. The Morgan fingerprint density at radius 3 is 2.64 bits per heavy atom. The van der Waals surface area contributed by atoms with Crippen LogP contribution in [0.2, 0.25) is 0 Å². The molecule has 0 spiro atoms. The van der Waals surface area contributed by atoms with Crippen molar-refractivity contribution in [1.29, 1.82) is 0 Å². The number of carbonyl (C=O) groups is 1. The highest BCUT2D eigenvalue weighted by Crippen LogP contribution is 2.32. The van der Waals surface area contributed by atoms with Gasteiger partial charge in [0.1, 0.15) is 5.01 Å². The third kappa shape index (κ3) is 3.04. The summed E-state index contributed by atoms with van der Waals surface area (Å²) in [6.07, 6.45) is 5.59. The lowest BCUT2D eigenvalue weighted by Crippen LogP contribution is -2.33. The second-order valence-corrected chi connectivity index (χ2v) is 6.89. The molecule has 116 valence electrons. The van der Waals surface area contributed by atoms with E-state index < -0.39 is 0 Å². The van der Waals surface area contributed by atoms with Crippen molar-refractivity contribution < 1.29 is 4.79 Å². The summed E-state index contributed by atoms with van der Waals surface area (Å²) >= 11 is 1.48. The quantitative estimate of drug-likeness (QED) is 0.858. The maximum atomic E-state index is 12.6. The molecule has 22 heavy (non-hydrogen) atoms. The van der Waals surface area contributed by atoms with Crippen molar-refractivity contribution in [2.45, 2.75) is 39.0 Å². The molecule has 1 aromatic heterocycles. The number of nitrogens with zero attached hydrogens (tertiary/aromatic N) is 3. The average molecular weight is 315 g/mol. The van der Waals surface area contributed by atoms with E-state index in [4.69, 9.17) is 0 Å². The highest BCUT2D eigenvalue weighted by molar-refractivity contribution is 7.18. The van der Waals surface area contributed by atoms with Crippen LogP contribution in [-0.4, -0.2) is 23.2 Å². The van der Waals surface area contributed by atoms with Crippen molar-refractivity contribution in [2.24, 2.45) is 5.92 Å². The third-order valence-electron chi connectivity index (χ3n) is 4.36. The average Bonchev–Trinajstić information content (AvgIpc) is 3.04. The van der Waals surface area contributed by atoms with E-state index in [9.17, 15) is 4.79 Å². The Bertz CT molecular complexity index is 661. The van der Waals surface area contributed by atoms with E-state index in [1.54, 1.807) is 4.90 Å². The first-order valence-electron chi connectivity index (χ1n) is 7.84. The molecule has 0 bridgehead atoms. The molecule has 0 aliphatic heterocycles. The van der Waals surface area contributed by atoms with Gasteiger partial charge in [-0.15, -0.1) is 10.2 Å². The molecule has 0 N–H and O–H groups in total. The minimum Gasteiger partial charge on any atom is -0.290 e. The molecular weight excluding hydrogens is 294 g/mol. The van der Waals surface area contributed by atoms with Crippen LogP contribution in [0.25, 0.3) is 10.6 Å². The maximum Gasteiger partial charge on any atom is 0.231 e. The molecule has 4 nitrogen and oxygen atoms in total.